The lowest BCUT2D eigenvalue weighted by Crippen LogP contribution is -2.30. The Labute approximate surface area is 121 Å². The molecule has 106 valence electrons. The van der Waals surface area contributed by atoms with Gasteiger partial charge in [0.25, 0.3) is 0 Å². The highest BCUT2D eigenvalue weighted by atomic mass is 79.9. The Kier molecular flexibility index (Phi) is 5.34. The van der Waals surface area contributed by atoms with Crippen molar-refractivity contribution in [3.8, 4) is 0 Å². The van der Waals surface area contributed by atoms with E-state index in [-0.39, 0.29) is 16.3 Å². The molecule has 4 heteroatoms. The first kappa shape index (κ1) is 14.9. The Balaban J connectivity index is 2.29. The average molecular weight is 332 g/mol. The summed E-state index contributed by atoms with van der Waals surface area (Å²) in [6, 6.07) is 2.49. The van der Waals surface area contributed by atoms with Crippen LogP contribution in [0.5, 0.6) is 0 Å². The van der Waals surface area contributed by atoms with Gasteiger partial charge in [-0.3, -0.25) is 0 Å². The summed E-state index contributed by atoms with van der Waals surface area (Å²) in [6.45, 7) is 2.77. The molecule has 2 rings (SSSR count). The van der Waals surface area contributed by atoms with Crippen LogP contribution in [0.25, 0.3) is 0 Å². The normalized spacial score (nSPS) is 18.5. The van der Waals surface area contributed by atoms with Gasteiger partial charge in [-0.05, 0) is 53.4 Å². The topological polar surface area (TPSA) is 12.0 Å². The summed E-state index contributed by atoms with van der Waals surface area (Å²) in [7, 11) is 0. The molecular weight excluding hydrogens is 312 g/mol. The maximum absolute atomic E-state index is 14.1. The van der Waals surface area contributed by atoms with Crippen LogP contribution in [0.1, 0.15) is 50.6 Å². The lowest BCUT2D eigenvalue weighted by molar-refractivity contribution is 0.269. The zero-order chi connectivity index (χ0) is 13.8. The van der Waals surface area contributed by atoms with Gasteiger partial charge in [-0.15, -0.1) is 0 Å². The summed E-state index contributed by atoms with van der Waals surface area (Å²) in [5.41, 5.74) is 0.467. The van der Waals surface area contributed by atoms with Crippen LogP contribution in [-0.2, 0) is 0 Å². The highest BCUT2D eigenvalue weighted by molar-refractivity contribution is 9.10. The van der Waals surface area contributed by atoms with Gasteiger partial charge in [0, 0.05) is 11.6 Å². The highest BCUT2D eigenvalue weighted by Crippen LogP contribution is 2.36. The van der Waals surface area contributed by atoms with Crippen LogP contribution in [0.2, 0.25) is 0 Å². The molecular formula is C15H20BrF2N. The third-order valence-corrected chi connectivity index (χ3v) is 4.53. The Hall–Kier alpha value is -0.480. The molecule has 1 saturated carbocycles. The SMILES string of the molecule is CCNC(c1cc(F)c(Br)cc1F)C1CCCCC1. The van der Waals surface area contributed by atoms with E-state index in [1.807, 2.05) is 6.92 Å². The van der Waals surface area contributed by atoms with E-state index in [2.05, 4.69) is 21.2 Å². The third-order valence-electron chi connectivity index (χ3n) is 3.92. The molecule has 0 amide bonds. The first-order valence-electron chi connectivity index (χ1n) is 7.01. The Bertz CT molecular complexity index is 430. The monoisotopic (exact) mass is 331 g/mol. The molecule has 1 aromatic rings. The molecule has 0 aliphatic heterocycles. The summed E-state index contributed by atoms with van der Waals surface area (Å²) in [4.78, 5) is 0. The molecule has 1 aliphatic rings. The molecule has 0 saturated heterocycles. The van der Waals surface area contributed by atoms with Crippen molar-refractivity contribution >= 4 is 15.9 Å². The number of hydrogen-bond donors (Lipinski definition) is 1. The van der Waals surface area contributed by atoms with Crippen molar-refractivity contribution < 1.29 is 8.78 Å². The second kappa shape index (κ2) is 6.80. The van der Waals surface area contributed by atoms with Gasteiger partial charge in [0.05, 0.1) is 4.47 Å². The Morgan fingerprint density at radius 3 is 2.53 bits per heavy atom. The Morgan fingerprint density at radius 1 is 1.21 bits per heavy atom. The third kappa shape index (κ3) is 3.54. The van der Waals surface area contributed by atoms with Gasteiger partial charge in [-0.2, -0.15) is 0 Å². The van der Waals surface area contributed by atoms with Gasteiger partial charge in [0.15, 0.2) is 0 Å². The molecule has 1 atom stereocenters. The van der Waals surface area contributed by atoms with Crippen LogP contribution in [-0.4, -0.2) is 6.54 Å². The summed E-state index contributed by atoms with van der Waals surface area (Å²) < 4.78 is 28.0. The molecule has 19 heavy (non-hydrogen) atoms. The standard InChI is InChI=1S/C15H20BrF2N/c1-2-19-15(10-6-4-3-5-7-10)11-8-14(18)12(16)9-13(11)17/h8-10,15,19H,2-7H2,1H3. The summed E-state index contributed by atoms with van der Waals surface area (Å²) >= 11 is 3.03. The zero-order valence-electron chi connectivity index (χ0n) is 11.2. The van der Waals surface area contributed by atoms with E-state index in [4.69, 9.17) is 0 Å². The fourth-order valence-electron chi connectivity index (χ4n) is 2.99. The van der Waals surface area contributed by atoms with Crippen LogP contribution in [0, 0.1) is 17.6 Å². The maximum Gasteiger partial charge on any atom is 0.137 e. The molecule has 1 fully saturated rings. The first-order chi connectivity index (χ1) is 9.13. The van der Waals surface area contributed by atoms with Crippen molar-refractivity contribution in [3.63, 3.8) is 0 Å². The first-order valence-corrected chi connectivity index (χ1v) is 7.80. The van der Waals surface area contributed by atoms with Gasteiger partial charge < -0.3 is 5.32 Å². The molecule has 0 aromatic heterocycles. The quantitative estimate of drug-likeness (QED) is 0.769. The predicted molar refractivity (Wildman–Crippen MR) is 77.1 cm³/mol. The van der Waals surface area contributed by atoms with Crippen molar-refractivity contribution in [2.24, 2.45) is 5.92 Å². The van der Waals surface area contributed by atoms with Crippen molar-refractivity contribution in [2.75, 3.05) is 6.54 Å². The predicted octanol–water partition coefficient (Wildman–Crippen LogP) is 4.96. The molecule has 1 aromatic carbocycles. The maximum atomic E-state index is 14.1. The minimum Gasteiger partial charge on any atom is -0.310 e. The summed E-state index contributed by atoms with van der Waals surface area (Å²) in [5.74, 6) is -0.316. The minimum absolute atomic E-state index is 0.0760. The lowest BCUT2D eigenvalue weighted by Gasteiger charge is -2.31. The fourth-order valence-corrected chi connectivity index (χ4v) is 3.31. The second-order valence-electron chi connectivity index (χ2n) is 5.22. The number of hydrogen-bond acceptors (Lipinski definition) is 1. The number of halogens is 3. The molecule has 0 radical (unpaired) electrons. The van der Waals surface area contributed by atoms with E-state index in [1.54, 1.807) is 0 Å². The van der Waals surface area contributed by atoms with E-state index in [1.165, 1.54) is 31.4 Å². The summed E-state index contributed by atoms with van der Waals surface area (Å²) in [5, 5.41) is 3.33. The van der Waals surface area contributed by atoms with E-state index >= 15 is 0 Å². The van der Waals surface area contributed by atoms with Gasteiger partial charge >= 0.3 is 0 Å². The fraction of sp³-hybridized carbons (Fsp3) is 0.600. The second-order valence-corrected chi connectivity index (χ2v) is 6.08. The van der Waals surface area contributed by atoms with Crippen LogP contribution < -0.4 is 5.32 Å². The highest BCUT2D eigenvalue weighted by Gasteiger charge is 2.27. The Morgan fingerprint density at radius 2 is 1.89 bits per heavy atom. The van der Waals surface area contributed by atoms with E-state index in [0.29, 0.717) is 11.5 Å². The van der Waals surface area contributed by atoms with Gasteiger partial charge in [-0.1, -0.05) is 26.2 Å². The smallest absolute Gasteiger partial charge is 0.137 e. The van der Waals surface area contributed by atoms with Crippen molar-refractivity contribution in [2.45, 2.75) is 45.1 Å². The van der Waals surface area contributed by atoms with Crippen molar-refractivity contribution in [1.82, 2.24) is 5.32 Å². The zero-order valence-corrected chi connectivity index (χ0v) is 12.8. The van der Waals surface area contributed by atoms with E-state index in [9.17, 15) is 8.78 Å². The lowest BCUT2D eigenvalue weighted by atomic mass is 9.81. The van der Waals surface area contributed by atoms with Crippen LogP contribution in [0.15, 0.2) is 16.6 Å². The van der Waals surface area contributed by atoms with Gasteiger partial charge in [0.1, 0.15) is 11.6 Å². The largest absolute Gasteiger partial charge is 0.310 e. The van der Waals surface area contributed by atoms with Crippen molar-refractivity contribution in [1.29, 1.82) is 0 Å². The molecule has 0 spiro atoms. The number of benzene rings is 1. The molecule has 0 heterocycles. The van der Waals surface area contributed by atoms with Crippen LogP contribution in [0.3, 0.4) is 0 Å². The molecule has 0 bridgehead atoms. The molecule has 1 N–H and O–H groups in total. The van der Waals surface area contributed by atoms with Crippen molar-refractivity contribution in [3.05, 3.63) is 33.8 Å². The number of nitrogens with one attached hydrogen (secondary N) is 1. The molecule has 1 nitrogen and oxygen atoms in total. The van der Waals surface area contributed by atoms with Gasteiger partial charge in [-0.25, -0.2) is 8.78 Å². The molecule has 1 aliphatic carbocycles. The van der Waals surface area contributed by atoms with E-state index in [0.717, 1.165) is 19.4 Å². The molecule has 1 unspecified atom stereocenters. The summed E-state index contributed by atoms with van der Waals surface area (Å²) in [6.07, 6.45) is 5.82. The van der Waals surface area contributed by atoms with Crippen LogP contribution >= 0.6 is 15.9 Å². The average Bonchev–Trinajstić information content (AvgIpc) is 2.42. The van der Waals surface area contributed by atoms with Crippen LogP contribution in [0.4, 0.5) is 8.78 Å². The number of rotatable bonds is 4. The van der Waals surface area contributed by atoms with E-state index < -0.39 is 5.82 Å². The minimum atomic E-state index is -0.393. The van der Waals surface area contributed by atoms with Gasteiger partial charge in [0.2, 0.25) is 0 Å².